The fourth-order valence-corrected chi connectivity index (χ4v) is 3.29. The van der Waals surface area contributed by atoms with Crippen LogP contribution in [-0.4, -0.2) is 35.2 Å². The zero-order valence-electron chi connectivity index (χ0n) is 15.8. The largest absolute Gasteiger partial charge is 0.342 e. The molecule has 0 bridgehead atoms. The molecule has 0 aliphatic heterocycles. The number of aryl methyl sites for hydroxylation is 1. The summed E-state index contributed by atoms with van der Waals surface area (Å²) in [6.45, 7) is 5.54. The molecule has 0 saturated heterocycles. The average molecular weight is 376 g/mol. The third-order valence-electron chi connectivity index (χ3n) is 4.81. The summed E-state index contributed by atoms with van der Waals surface area (Å²) in [6.07, 6.45) is 2.89. The van der Waals surface area contributed by atoms with Gasteiger partial charge < -0.3 is 4.90 Å². The van der Waals surface area contributed by atoms with Gasteiger partial charge in [0, 0.05) is 19.0 Å². The van der Waals surface area contributed by atoms with Crippen LogP contribution in [-0.2, 0) is 4.79 Å². The standard InChI is InChI=1S/C19H22F2N4O2/c1-12-15(5-6-16(23-12)25(20)21)18(27)24(4)8-7-13-9-14(11-22)17(26)19(2,3)10-13/h5-6,9,13H,7-8,10H2,1-4H3/t13-/m1/s1. The lowest BCUT2D eigenvalue weighted by Gasteiger charge is -2.32. The van der Waals surface area contributed by atoms with E-state index in [1.54, 1.807) is 13.1 Å². The summed E-state index contributed by atoms with van der Waals surface area (Å²) in [7, 11) is 1.63. The van der Waals surface area contributed by atoms with Gasteiger partial charge in [-0.1, -0.05) is 28.9 Å². The lowest BCUT2D eigenvalue weighted by Crippen LogP contribution is -2.34. The first-order valence-electron chi connectivity index (χ1n) is 8.58. The molecule has 0 N–H and O–H groups in total. The van der Waals surface area contributed by atoms with E-state index in [1.807, 2.05) is 19.9 Å². The van der Waals surface area contributed by atoms with E-state index in [0.717, 1.165) is 6.07 Å². The van der Waals surface area contributed by atoms with Crippen molar-refractivity contribution in [2.24, 2.45) is 11.3 Å². The number of Topliss-reactive ketones (excluding diaryl/α,β-unsaturated/α-hetero) is 1. The monoisotopic (exact) mass is 376 g/mol. The molecule has 1 amide bonds. The SMILES string of the molecule is Cc1nc(N(F)F)ccc1C(=O)N(C)CC[C@@H]1C=C(C#N)C(=O)C(C)(C)C1. The minimum atomic E-state index is -1.10. The summed E-state index contributed by atoms with van der Waals surface area (Å²) in [5.41, 5.74) is 0.0488. The van der Waals surface area contributed by atoms with Gasteiger partial charge in [0.15, 0.2) is 11.6 Å². The Morgan fingerprint density at radius 3 is 2.63 bits per heavy atom. The van der Waals surface area contributed by atoms with E-state index in [2.05, 4.69) is 4.98 Å². The third kappa shape index (κ3) is 4.48. The van der Waals surface area contributed by atoms with Crippen molar-refractivity contribution >= 4 is 17.5 Å². The number of amides is 1. The molecular weight excluding hydrogens is 354 g/mol. The Kier molecular flexibility index (Phi) is 5.94. The molecule has 0 unspecified atom stereocenters. The van der Waals surface area contributed by atoms with E-state index in [-0.39, 0.29) is 34.4 Å². The highest BCUT2D eigenvalue weighted by atomic mass is 19.4. The van der Waals surface area contributed by atoms with E-state index >= 15 is 0 Å². The molecule has 1 atom stereocenters. The minimum Gasteiger partial charge on any atom is -0.342 e. The van der Waals surface area contributed by atoms with E-state index in [0.29, 0.717) is 19.4 Å². The lowest BCUT2D eigenvalue weighted by molar-refractivity contribution is -0.124. The van der Waals surface area contributed by atoms with Crippen LogP contribution in [0.15, 0.2) is 23.8 Å². The number of ketones is 1. The van der Waals surface area contributed by atoms with Crippen LogP contribution >= 0.6 is 0 Å². The van der Waals surface area contributed by atoms with Crippen molar-refractivity contribution in [3.63, 3.8) is 0 Å². The summed E-state index contributed by atoms with van der Waals surface area (Å²) in [4.78, 5) is 29.9. The summed E-state index contributed by atoms with van der Waals surface area (Å²) in [5.74, 6) is -0.973. The number of carbonyl (C=O) groups excluding carboxylic acids is 2. The second kappa shape index (κ2) is 7.82. The number of aromatic nitrogens is 1. The van der Waals surface area contributed by atoms with Crippen LogP contribution in [0.25, 0.3) is 0 Å². The second-order valence-corrected chi connectivity index (χ2v) is 7.42. The first kappa shape index (κ1) is 20.5. The van der Waals surface area contributed by atoms with Crippen LogP contribution in [0.2, 0.25) is 0 Å². The average Bonchev–Trinajstić information content (AvgIpc) is 2.61. The number of allylic oxidation sites excluding steroid dienone is 2. The van der Waals surface area contributed by atoms with Gasteiger partial charge in [-0.2, -0.15) is 5.26 Å². The third-order valence-corrected chi connectivity index (χ3v) is 4.81. The fourth-order valence-electron chi connectivity index (χ4n) is 3.29. The number of nitrogens with zero attached hydrogens (tertiary/aromatic N) is 4. The van der Waals surface area contributed by atoms with Crippen LogP contribution in [0.1, 0.15) is 42.7 Å². The molecule has 1 aliphatic rings. The summed E-state index contributed by atoms with van der Waals surface area (Å²) in [5, 5.41) is 8.05. The van der Waals surface area contributed by atoms with E-state index < -0.39 is 16.6 Å². The maximum atomic E-state index is 12.6. The molecule has 144 valence electrons. The van der Waals surface area contributed by atoms with Crippen LogP contribution in [0.3, 0.4) is 0 Å². The lowest BCUT2D eigenvalue weighted by atomic mass is 9.71. The molecule has 1 aliphatic carbocycles. The van der Waals surface area contributed by atoms with Gasteiger partial charge >= 0.3 is 0 Å². The summed E-state index contributed by atoms with van der Waals surface area (Å²) >= 11 is 0. The molecule has 0 radical (unpaired) electrons. The fraction of sp³-hybridized carbons (Fsp3) is 0.474. The van der Waals surface area contributed by atoms with Gasteiger partial charge in [0.1, 0.15) is 6.07 Å². The van der Waals surface area contributed by atoms with E-state index in [9.17, 15) is 18.6 Å². The van der Waals surface area contributed by atoms with Crippen molar-refractivity contribution in [1.29, 1.82) is 5.26 Å². The second-order valence-electron chi connectivity index (χ2n) is 7.42. The Morgan fingerprint density at radius 1 is 1.41 bits per heavy atom. The van der Waals surface area contributed by atoms with Gasteiger partial charge in [-0.15, -0.1) is 0 Å². The molecular formula is C19H22F2N4O2. The smallest absolute Gasteiger partial charge is 0.255 e. The predicted molar refractivity (Wildman–Crippen MR) is 95.8 cm³/mol. The number of anilines is 1. The first-order valence-corrected chi connectivity index (χ1v) is 8.58. The Balaban J connectivity index is 2.06. The number of carbonyl (C=O) groups is 2. The number of rotatable bonds is 5. The summed E-state index contributed by atoms with van der Waals surface area (Å²) in [6, 6.07) is 4.38. The van der Waals surface area contributed by atoms with Gasteiger partial charge in [-0.3, -0.25) is 9.59 Å². The van der Waals surface area contributed by atoms with Gasteiger partial charge in [0.05, 0.1) is 16.8 Å². The van der Waals surface area contributed by atoms with Crippen molar-refractivity contribution in [2.75, 3.05) is 18.9 Å². The van der Waals surface area contributed by atoms with Crippen LogP contribution < -0.4 is 5.34 Å². The van der Waals surface area contributed by atoms with Crippen molar-refractivity contribution in [1.82, 2.24) is 9.88 Å². The van der Waals surface area contributed by atoms with Crippen LogP contribution in [0.5, 0.6) is 0 Å². The van der Waals surface area contributed by atoms with E-state index in [4.69, 9.17) is 5.26 Å². The molecule has 0 saturated carbocycles. The quantitative estimate of drug-likeness (QED) is 0.735. The van der Waals surface area contributed by atoms with Crippen LogP contribution in [0, 0.1) is 29.6 Å². The predicted octanol–water partition coefficient (Wildman–Crippen LogP) is 3.49. The molecule has 1 aromatic heterocycles. The Bertz CT molecular complexity index is 827. The van der Waals surface area contributed by atoms with E-state index in [1.165, 1.54) is 17.9 Å². The first-order chi connectivity index (χ1) is 12.6. The molecule has 8 heteroatoms. The van der Waals surface area contributed by atoms with Gasteiger partial charge in [-0.05, 0) is 43.2 Å². The number of pyridine rings is 1. The highest BCUT2D eigenvalue weighted by molar-refractivity contribution is 6.03. The molecule has 1 heterocycles. The molecule has 6 nitrogen and oxygen atoms in total. The maximum absolute atomic E-state index is 12.6. The Hall–Kier alpha value is -2.82. The topological polar surface area (TPSA) is 77.3 Å². The zero-order chi connectivity index (χ0) is 20.4. The van der Waals surface area contributed by atoms with Crippen molar-refractivity contribution in [3.05, 3.63) is 35.0 Å². The number of halogens is 2. The zero-order valence-corrected chi connectivity index (χ0v) is 15.8. The molecule has 0 spiro atoms. The number of hydrogen-bond acceptors (Lipinski definition) is 5. The molecule has 2 rings (SSSR count). The normalized spacial score (nSPS) is 18.5. The van der Waals surface area contributed by atoms with Crippen molar-refractivity contribution in [2.45, 2.75) is 33.6 Å². The number of nitriles is 1. The minimum absolute atomic E-state index is 0.0100. The molecule has 0 aromatic carbocycles. The van der Waals surface area contributed by atoms with Crippen molar-refractivity contribution < 1.29 is 18.6 Å². The summed E-state index contributed by atoms with van der Waals surface area (Å²) < 4.78 is 25.1. The Labute approximate surface area is 157 Å². The molecule has 27 heavy (non-hydrogen) atoms. The van der Waals surface area contributed by atoms with Crippen molar-refractivity contribution in [3.8, 4) is 6.07 Å². The number of hydrogen-bond donors (Lipinski definition) is 0. The molecule has 1 aromatic rings. The van der Waals surface area contributed by atoms with Gasteiger partial charge in [0.25, 0.3) is 5.91 Å². The Morgan fingerprint density at radius 2 is 2.07 bits per heavy atom. The highest BCUT2D eigenvalue weighted by Gasteiger charge is 2.36. The van der Waals surface area contributed by atoms with Crippen LogP contribution in [0.4, 0.5) is 14.8 Å². The molecule has 0 fully saturated rings. The van der Waals surface area contributed by atoms with Gasteiger partial charge in [-0.25, -0.2) is 4.98 Å². The van der Waals surface area contributed by atoms with Gasteiger partial charge in [0.2, 0.25) is 0 Å². The maximum Gasteiger partial charge on any atom is 0.255 e. The highest BCUT2D eigenvalue weighted by Crippen LogP contribution is 2.36.